The summed E-state index contributed by atoms with van der Waals surface area (Å²) < 4.78 is 2.12. The normalized spacial score (nSPS) is 16.3. The molecular formula is C17H30N6O. The first-order valence-corrected chi connectivity index (χ1v) is 8.51. The Kier molecular flexibility index (Phi) is 6.66. The Bertz CT molecular complexity index is 559. The van der Waals surface area contributed by atoms with Crippen molar-refractivity contribution in [2.75, 3.05) is 53.4 Å². The number of nitrogens with zero attached hydrogens (tertiary/aromatic N) is 5. The molecule has 2 rings (SSSR count). The predicted molar refractivity (Wildman–Crippen MR) is 96.9 cm³/mol. The van der Waals surface area contributed by atoms with E-state index in [9.17, 15) is 4.79 Å². The van der Waals surface area contributed by atoms with Crippen LogP contribution >= 0.6 is 0 Å². The Morgan fingerprint density at radius 1 is 1.33 bits per heavy atom. The van der Waals surface area contributed by atoms with Crippen LogP contribution in [0.2, 0.25) is 0 Å². The number of guanidine groups is 1. The molecule has 1 aliphatic rings. The highest BCUT2D eigenvalue weighted by Gasteiger charge is 2.18. The third-order valence-electron chi connectivity index (χ3n) is 4.55. The summed E-state index contributed by atoms with van der Waals surface area (Å²) in [6.07, 6.45) is 2.06. The molecule has 1 aliphatic heterocycles. The van der Waals surface area contributed by atoms with Crippen LogP contribution < -0.4 is 5.32 Å². The molecule has 0 aliphatic carbocycles. The van der Waals surface area contributed by atoms with Crippen LogP contribution in [0.5, 0.6) is 0 Å². The average molecular weight is 334 g/mol. The maximum atomic E-state index is 11.3. The van der Waals surface area contributed by atoms with Gasteiger partial charge in [-0.2, -0.15) is 0 Å². The van der Waals surface area contributed by atoms with Crippen molar-refractivity contribution in [1.82, 2.24) is 24.6 Å². The maximum Gasteiger partial charge on any atom is 0.219 e. The summed E-state index contributed by atoms with van der Waals surface area (Å²) in [6, 6.07) is 4.18. The second-order valence-corrected chi connectivity index (χ2v) is 6.29. The Hall–Kier alpha value is -2.02. The fourth-order valence-electron chi connectivity index (χ4n) is 2.98. The Morgan fingerprint density at radius 2 is 2.04 bits per heavy atom. The molecule has 0 spiro atoms. The smallest absolute Gasteiger partial charge is 0.219 e. The number of aliphatic imine (C=N–C) groups is 1. The third kappa shape index (κ3) is 4.99. The summed E-state index contributed by atoms with van der Waals surface area (Å²) in [6.45, 7) is 7.82. The molecule has 0 bridgehead atoms. The zero-order chi connectivity index (χ0) is 17.5. The minimum absolute atomic E-state index is 0.176. The summed E-state index contributed by atoms with van der Waals surface area (Å²) >= 11 is 0. The monoisotopic (exact) mass is 334 g/mol. The summed E-state index contributed by atoms with van der Waals surface area (Å²) in [5.41, 5.74) is 1.25. The molecule has 1 saturated heterocycles. The van der Waals surface area contributed by atoms with Gasteiger partial charge in [-0.05, 0) is 12.1 Å². The van der Waals surface area contributed by atoms with Gasteiger partial charge in [0.05, 0.1) is 6.54 Å². The van der Waals surface area contributed by atoms with E-state index in [-0.39, 0.29) is 5.91 Å². The van der Waals surface area contributed by atoms with E-state index in [0.29, 0.717) is 0 Å². The van der Waals surface area contributed by atoms with Gasteiger partial charge >= 0.3 is 0 Å². The molecule has 7 nitrogen and oxygen atoms in total. The molecule has 1 fully saturated rings. The molecule has 0 saturated carbocycles. The lowest BCUT2D eigenvalue weighted by molar-refractivity contribution is -0.130. The molecular weight excluding hydrogens is 304 g/mol. The van der Waals surface area contributed by atoms with E-state index in [0.717, 1.165) is 51.8 Å². The summed E-state index contributed by atoms with van der Waals surface area (Å²) in [5, 5.41) is 3.43. The fourth-order valence-corrected chi connectivity index (χ4v) is 2.98. The number of carbonyl (C=O) groups excluding carboxylic acids is 1. The summed E-state index contributed by atoms with van der Waals surface area (Å²) in [5.74, 6) is 1.08. The first kappa shape index (κ1) is 18.3. The standard InChI is InChI=1S/C17H30N6O/c1-15(24)23-12-10-22(11-13-23)9-7-19-17(18-2)21(4)14-16-6-5-8-20(16)3/h5-6,8H,7,9-14H2,1-4H3,(H,18,19). The highest BCUT2D eigenvalue weighted by atomic mass is 16.2. The SMILES string of the molecule is CN=C(NCCN1CCN(C(C)=O)CC1)N(C)Cc1cccn1C. The molecule has 24 heavy (non-hydrogen) atoms. The van der Waals surface area contributed by atoms with Gasteiger partial charge in [-0.15, -0.1) is 0 Å². The van der Waals surface area contributed by atoms with E-state index >= 15 is 0 Å². The van der Waals surface area contributed by atoms with Crippen molar-refractivity contribution in [2.45, 2.75) is 13.5 Å². The topological polar surface area (TPSA) is 56.1 Å². The van der Waals surface area contributed by atoms with Gasteiger partial charge in [0, 0.05) is 79.2 Å². The molecule has 1 amide bonds. The Labute approximate surface area is 144 Å². The van der Waals surface area contributed by atoms with E-state index in [1.807, 2.05) is 19.0 Å². The molecule has 1 aromatic rings. The van der Waals surface area contributed by atoms with Crippen LogP contribution in [0.15, 0.2) is 23.3 Å². The number of hydrogen-bond acceptors (Lipinski definition) is 3. The van der Waals surface area contributed by atoms with Crippen molar-refractivity contribution in [3.8, 4) is 0 Å². The van der Waals surface area contributed by atoms with Crippen molar-refractivity contribution in [1.29, 1.82) is 0 Å². The van der Waals surface area contributed by atoms with Gasteiger partial charge in [0.25, 0.3) is 0 Å². The van der Waals surface area contributed by atoms with E-state index in [2.05, 4.69) is 50.1 Å². The maximum absolute atomic E-state index is 11.3. The molecule has 2 heterocycles. The number of aryl methyl sites for hydroxylation is 1. The predicted octanol–water partition coefficient (Wildman–Crippen LogP) is 0.196. The van der Waals surface area contributed by atoms with Gasteiger partial charge in [-0.1, -0.05) is 0 Å². The summed E-state index contributed by atoms with van der Waals surface area (Å²) in [4.78, 5) is 22.1. The average Bonchev–Trinajstić information content (AvgIpc) is 2.97. The van der Waals surface area contributed by atoms with Crippen molar-refractivity contribution in [3.63, 3.8) is 0 Å². The summed E-state index contributed by atoms with van der Waals surface area (Å²) in [7, 11) is 5.92. The number of aromatic nitrogens is 1. The number of rotatable bonds is 5. The zero-order valence-corrected chi connectivity index (χ0v) is 15.3. The largest absolute Gasteiger partial charge is 0.355 e. The van der Waals surface area contributed by atoms with Crippen LogP contribution in [-0.4, -0.2) is 84.5 Å². The van der Waals surface area contributed by atoms with E-state index < -0.39 is 0 Å². The van der Waals surface area contributed by atoms with Crippen LogP contribution in [0, 0.1) is 0 Å². The van der Waals surface area contributed by atoms with E-state index in [1.54, 1.807) is 6.92 Å². The van der Waals surface area contributed by atoms with Crippen LogP contribution in [0.4, 0.5) is 0 Å². The molecule has 0 unspecified atom stereocenters. The van der Waals surface area contributed by atoms with Crippen molar-refractivity contribution < 1.29 is 4.79 Å². The van der Waals surface area contributed by atoms with Gasteiger partial charge in [0.2, 0.25) is 5.91 Å². The highest BCUT2D eigenvalue weighted by molar-refractivity contribution is 5.79. The number of nitrogens with one attached hydrogen (secondary N) is 1. The van der Waals surface area contributed by atoms with Crippen LogP contribution in [0.3, 0.4) is 0 Å². The number of carbonyl (C=O) groups is 1. The minimum atomic E-state index is 0.176. The van der Waals surface area contributed by atoms with Crippen LogP contribution in [0.1, 0.15) is 12.6 Å². The van der Waals surface area contributed by atoms with Gasteiger partial charge in [-0.3, -0.25) is 14.7 Å². The van der Waals surface area contributed by atoms with Gasteiger partial charge < -0.3 is 19.7 Å². The van der Waals surface area contributed by atoms with Crippen LogP contribution in [0.25, 0.3) is 0 Å². The lowest BCUT2D eigenvalue weighted by atomic mass is 10.3. The van der Waals surface area contributed by atoms with Crippen LogP contribution in [-0.2, 0) is 18.4 Å². The third-order valence-corrected chi connectivity index (χ3v) is 4.55. The molecule has 1 N–H and O–H groups in total. The van der Waals surface area contributed by atoms with E-state index in [4.69, 9.17) is 0 Å². The van der Waals surface area contributed by atoms with E-state index in [1.165, 1.54) is 5.69 Å². The van der Waals surface area contributed by atoms with Crippen molar-refractivity contribution in [3.05, 3.63) is 24.0 Å². The van der Waals surface area contributed by atoms with Crippen molar-refractivity contribution >= 4 is 11.9 Å². The molecule has 0 radical (unpaired) electrons. The van der Waals surface area contributed by atoms with Gasteiger partial charge in [0.15, 0.2) is 5.96 Å². The Balaban J connectivity index is 1.72. The lowest BCUT2D eigenvalue weighted by Gasteiger charge is -2.34. The molecule has 0 aromatic carbocycles. The number of hydrogen-bond donors (Lipinski definition) is 1. The second-order valence-electron chi connectivity index (χ2n) is 6.29. The number of piperazine rings is 1. The highest BCUT2D eigenvalue weighted by Crippen LogP contribution is 2.04. The fraction of sp³-hybridized carbons (Fsp3) is 0.647. The number of amides is 1. The first-order valence-electron chi connectivity index (χ1n) is 8.51. The van der Waals surface area contributed by atoms with Crippen molar-refractivity contribution in [2.24, 2.45) is 12.0 Å². The van der Waals surface area contributed by atoms with Gasteiger partial charge in [0.1, 0.15) is 0 Å². The quantitative estimate of drug-likeness (QED) is 0.617. The molecule has 7 heteroatoms. The van der Waals surface area contributed by atoms with Gasteiger partial charge in [-0.25, -0.2) is 0 Å². The minimum Gasteiger partial charge on any atom is -0.355 e. The Morgan fingerprint density at radius 3 is 2.58 bits per heavy atom. The molecule has 0 atom stereocenters. The first-order chi connectivity index (χ1) is 11.5. The molecule has 134 valence electrons. The lowest BCUT2D eigenvalue weighted by Crippen LogP contribution is -2.50. The second kappa shape index (κ2) is 8.73. The zero-order valence-electron chi connectivity index (χ0n) is 15.3. The molecule has 1 aromatic heterocycles.